The van der Waals surface area contributed by atoms with Gasteiger partial charge in [-0.2, -0.15) is 0 Å². The molecule has 0 heterocycles. The Labute approximate surface area is 124 Å². The van der Waals surface area contributed by atoms with Crippen LogP contribution in [0.1, 0.15) is 59.6 Å². The standard InChI is InChI=1S/C19H29N/c1-13-10-11-16(19(7,8)9)12-17(13)20-15(3)14(2)18(4,5)6/h10-12H,2H2,1,3-9H3. The number of hydrogen-bond donors (Lipinski definition) is 0. The fraction of sp³-hybridized carbons (Fsp3) is 0.526. The highest BCUT2D eigenvalue weighted by molar-refractivity contribution is 6.00. The average Bonchev–Trinajstić information content (AvgIpc) is 2.28. The van der Waals surface area contributed by atoms with E-state index in [1.165, 1.54) is 11.1 Å². The molecule has 1 rings (SSSR count). The van der Waals surface area contributed by atoms with Crippen LogP contribution < -0.4 is 0 Å². The Balaban J connectivity index is 3.24. The SMILES string of the molecule is C=C(C(C)=Nc1cc(C(C)(C)C)ccc1C)C(C)(C)C. The Hall–Kier alpha value is -1.37. The summed E-state index contributed by atoms with van der Waals surface area (Å²) < 4.78 is 0. The Morgan fingerprint density at radius 3 is 2.05 bits per heavy atom. The molecule has 0 bridgehead atoms. The minimum atomic E-state index is 0.0587. The fourth-order valence-corrected chi connectivity index (χ4v) is 1.99. The summed E-state index contributed by atoms with van der Waals surface area (Å²) in [5.41, 5.74) is 5.90. The number of nitrogens with zero attached hydrogens (tertiary/aromatic N) is 1. The van der Waals surface area contributed by atoms with Gasteiger partial charge in [-0.3, -0.25) is 4.99 Å². The second-order valence-corrected chi connectivity index (χ2v) is 7.68. The molecule has 0 spiro atoms. The minimum Gasteiger partial charge on any atom is -0.253 e. The largest absolute Gasteiger partial charge is 0.253 e. The molecule has 0 N–H and O–H groups in total. The van der Waals surface area contributed by atoms with E-state index in [2.05, 4.69) is 80.2 Å². The number of allylic oxidation sites excluding steroid dienone is 1. The quantitative estimate of drug-likeness (QED) is 0.586. The van der Waals surface area contributed by atoms with Crippen LogP contribution in [0.4, 0.5) is 5.69 Å². The second-order valence-electron chi connectivity index (χ2n) is 7.68. The van der Waals surface area contributed by atoms with Crippen LogP contribution in [0.25, 0.3) is 0 Å². The van der Waals surface area contributed by atoms with Crippen molar-refractivity contribution in [2.75, 3.05) is 0 Å². The van der Waals surface area contributed by atoms with Crippen LogP contribution in [0.2, 0.25) is 0 Å². The number of aliphatic imine (C=N–C) groups is 1. The van der Waals surface area contributed by atoms with E-state index in [0.717, 1.165) is 17.0 Å². The van der Waals surface area contributed by atoms with Gasteiger partial charge in [0, 0.05) is 5.71 Å². The first-order valence-electron chi connectivity index (χ1n) is 7.29. The number of benzene rings is 1. The normalized spacial score (nSPS) is 13.5. The van der Waals surface area contributed by atoms with Crippen molar-refractivity contribution < 1.29 is 0 Å². The van der Waals surface area contributed by atoms with E-state index in [1.54, 1.807) is 0 Å². The van der Waals surface area contributed by atoms with Gasteiger partial charge in [-0.25, -0.2) is 0 Å². The van der Waals surface area contributed by atoms with Gasteiger partial charge in [-0.1, -0.05) is 60.3 Å². The molecule has 0 atom stereocenters. The third kappa shape index (κ3) is 4.06. The lowest BCUT2D eigenvalue weighted by atomic mass is 9.84. The van der Waals surface area contributed by atoms with E-state index in [4.69, 9.17) is 4.99 Å². The van der Waals surface area contributed by atoms with E-state index < -0.39 is 0 Å². The van der Waals surface area contributed by atoms with E-state index in [9.17, 15) is 0 Å². The van der Waals surface area contributed by atoms with Crippen LogP contribution in [-0.4, -0.2) is 5.71 Å². The maximum atomic E-state index is 4.82. The second kappa shape index (κ2) is 5.55. The van der Waals surface area contributed by atoms with Crippen LogP contribution in [0, 0.1) is 12.3 Å². The molecule has 1 aromatic carbocycles. The van der Waals surface area contributed by atoms with Gasteiger partial charge in [0.1, 0.15) is 0 Å². The predicted octanol–water partition coefficient (Wildman–Crippen LogP) is 5.99. The van der Waals surface area contributed by atoms with Gasteiger partial charge in [-0.15, -0.1) is 0 Å². The van der Waals surface area contributed by atoms with Crippen molar-refractivity contribution in [1.82, 2.24) is 0 Å². The van der Waals surface area contributed by atoms with Gasteiger partial charge < -0.3 is 0 Å². The van der Waals surface area contributed by atoms with Crippen LogP contribution >= 0.6 is 0 Å². The Morgan fingerprint density at radius 2 is 1.60 bits per heavy atom. The molecule has 0 aliphatic rings. The summed E-state index contributed by atoms with van der Waals surface area (Å²) >= 11 is 0. The number of rotatable bonds is 2. The lowest BCUT2D eigenvalue weighted by Crippen LogP contribution is -2.14. The monoisotopic (exact) mass is 271 g/mol. The maximum absolute atomic E-state index is 4.82. The van der Waals surface area contributed by atoms with E-state index in [-0.39, 0.29) is 10.8 Å². The van der Waals surface area contributed by atoms with Crippen molar-refractivity contribution in [3.05, 3.63) is 41.5 Å². The minimum absolute atomic E-state index is 0.0587. The fourth-order valence-electron chi connectivity index (χ4n) is 1.99. The van der Waals surface area contributed by atoms with Gasteiger partial charge >= 0.3 is 0 Å². The van der Waals surface area contributed by atoms with Gasteiger partial charge in [0.05, 0.1) is 5.69 Å². The van der Waals surface area contributed by atoms with E-state index in [0.29, 0.717) is 0 Å². The van der Waals surface area contributed by atoms with Crippen LogP contribution in [0.5, 0.6) is 0 Å². The lowest BCUT2D eigenvalue weighted by Gasteiger charge is -2.22. The molecule has 0 radical (unpaired) electrons. The first kappa shape index (κ1) is 16.7. The molecule has 0 unspecified atom stereocenters. The molecule has 0 amide bonds. The third-order valence-electron chi connectivity index (χ3n) is 3.71. The van der Waals surface area contributed by atoms with Crippen LogP contribution in [0.15, 0.2) is 35.3 Å². The van der Waals surface area contributed by atoms with Crippen molar-refractivity contribution in [2.45, 2.75) is 60.8 Å². The highest BCUT2D eigenvalue weighted by Gasteiger charge is 2.18. The van der Waals surface area contributed by atoms with E-state index >= 15 is 0 Å². The number of aryl methyl sites for hydroxylation is 1. The molecule has 0 saturated heterocycles. The lowest BCUT2D eigenvalue weighted by molar-refractivity contribution is 0.526. The molecule has 1 nitrogen and oxygen atoms in total. The predicted molar refractivity (Wildman–Crippen MR) is 91.2 cm³/mol. The highest BCUT2D eigenvalue weighted by Crippen LogP contribution is 2.30. The summed E-state index contributed by atoms with van der Waals surface area (Å²) in [6.07, 6.45) is 0. The summed E-state index contributed by atoms with van der Waals surface area (Å²) in [5.74, 6) is 0. The van der Waals surface area contributed by atoms with Crippen molar-refractivity contribution in [3.8, 4) is 0 Å². The smallest absolute Gasteiger partial charge is 0.0665 e. The van der Waals surface area contributed by atoms with Gasteiger partial charge in [0.25, 0.3) is 0 Å². The molecular formula is C19H29N. The maximum Gasteiger partial charge on any atom is 0.0665 e. The van der Waals surface area contributed by atoms with Crippen molar-refractivity contribution in [1.29, 1.82) is 0 Å². The molecule has 0 fully saturated rings. The molecular weight excluding hydrogens is 242 g/mol. The molecule has 1 aromatic rings. The van der Waals surface area contributed by atoms with E-state index in [1.807, 2.05) is 0 Å². The zero-order valence-corrected chi connectivity index (χ0v) is 14.4. The summed E-state index contributed by atoms with van der Waals surface area (Å²) in [7, 11) is 0. The zero-order valence-electron chi connectivity index (χ0n) is 14.4. The van der Waals surface area contributed by atoms with Crippen LogP contribution in [-0.2, 0) is 5.41 Å². The topological polar surface area (TPSA) is 12.4 Å². The Morgan fingerprint density at radius 1 is 1.05 bits per heavy atom. The summed E-state index contributed by atoms with van der Waals surface area (Å²) in [5, 5.41) is 0. The average molecular weight is 271 g/mol. The van der Waals surface area contributed by atoms with Gasteiger partial charge in [0.2, 0.25) is 0 Å². The summed E-state index contributed by atoms with van der Waals surface area (Å²) in [4.78, 5) is 4.82. The molecule has 110 valence electrons. The highest BCUT2D eigenvalue weighted by atomic mass is 14.8. The van der Waals surface area contributed by atoms with Gasteiger partial charge in [-0.05, 0) is 47.4 Å². The summed E-state index contributed by atoms with van der Waals surface area (Å²) in [6.45, 7) is 21.6. The molecule has 0 saturated carbocycles. The molecule has 0 aliphatic carbocycles. The first-order chi connectivity index (χ1) is 8.93. The summed E-state index contributed by atoms with van der Waals surface area (Å²) in [6, 6.07) is 6.56. The molecule has 20 heavy (non-hydrogen) atoms. The molecule has 1 heteroatoms. The first-order valence-corrected chi connectivity index (χ1v) is 7.29. The Bertz CT molecular complexity index is 534. The van der Waals surface area contributed by atoms with Crippen LogP contribution in [0.3, 0.4) is 0 Å². The van der Waals surface area contributed by atoms with Crippen molar-refractivity contribution in [3.63, 3.8) is 0 Å². The zero-order chi connectivity index (χ0) is 15.7. The van der Waals surface area contributed by atoms with Gasteiger partial charge in [0.15, 0.2) is 0 Å². The molecule has 0 aromatic heterocycles. The van der Waals surface area contributed by atoms with Crippen molar-refractivity contribution >= 4 is 11.4 Å². The van der Waals surface area contributed by atoms with Crippen molar-refractivity contribution in [2.24, 2.45) is 10.4 Å². The molecule has 0 aliphatic heterocycles. The number of hydrogen-bond acceptors (Lipinski definition) is 1. The third-order valence-corrected chi connectivity index (χ3v) is 3.71. The Kier molecular flexibility index (Phi) is 4.63.